The standard InChI is InChI=1S/C13H15NO2/c15-10-12-6-7-13(16)14(9-12)8-11-4-2-1-3-5-11/h1-5,10,12H,6-9H2. The maximum Gasteiger partial charge on any atom is 0.222 e. The van der Waals surface area contributed by atoms with Crippen LogP contribution in [0.25, 0.3) is 0 Å². The van der Waals surface area contributed by atoms with Gasteiger partial charge in [0, 0.05) is 25.4 Å². The quantitative estimate of drug-likeness (QED) is 0.721. The normalized spacial score (nSPS) is 20.9. The molecule has 0 spiro atoms. The number of nitrogens with zero attached hydrogens (tertiary/aromatic N) is 1. The molecular weight excluding hydrogens is 202 g/mol. The van der Waals surface area contributed by atoms with Gasteiger partial charge in [0.15, 0.2) is 0 Å². The summed E-state index contributed by atoms with van der Waals surface area (Å²) in [5, 5.41) is 0. The monoisotopic (exact) mass is 217 g/mol. The summed E-state index contributed by atoms with van der Waals surface area (Å²) in [5.41, 5.74) is 1.11. The molecule has 1 saturated heterocycles. The Morgan fingerprint density at radius 2 is 2.06 bits per heavy atom. The smallest absolute Gasteiger partial charge is 0.222 e. The summed E-state index contributed by atoms with van der Waals surface area (Å²) >= 11 is 0. The minimum atomic E-state index is 0.0152. The highest BCUT2D eigenvalue weighted by Gasteiger charge is 2.24. The predicted octanol–water partition coefficient (Wildman–Crippen LogP) is 1.62. The lowest BCUT2D eigenvalue weighted by molar-refractivity contribution is -0.136. The van der Waals surface area contributed by atoms with Gasteiger partial charge in [0.2, 0.25) is 5.91 Å². The van der Waals surface area contributed by atoms with Crippen molar-refractivity contribution in [2.45, 2.75) is 19.4 Å². The number of piperidine rings is 1. The molecule has 3 heteroatoms. The Morgan fingerprint density at radius 3 is 2.75 bits per heavy atom. The fraction of sp³-hybridized carbons (Fsp3) is 0.385. The van der Waals surface area contributed by atoms with E-state index >= 15 is 0 Å². The van der Waals surface area contributed by atoms with E-state index in [0.717, 1.165) is 11.8 Å². The molecule has 0 bridgehead atoms. The highest BCUT2D eigenvalue weighted by atomic mass is 16.2. The lowest BCUT2D eigenvalue weighted by Crippen LogP contribution is -2.39. The molecular formula is C13H15NO2. The number of hydrogen-bond donors (Lipinski definition) is 0. The Hall–Kier alpha value is -1.64. The summed E-state index contributed by atoms with van der Waals surface area (Å²) in [7, 11) is 0. The lowest BCUT2D eigenvalue weighted by Gasteiger charge is -2.30. The second-order valence-corrected chi connectivity index (χ2v) is 4.19. The Balaban J connectivity index is 2.02. The van der Waals surface area contributed by atoms with Crippen LogP contribution in [-0.2, 0) is 16.1 Å². The fourth-order valence-corrected chi connectivity index (χ4v) is 2.01. The third kappa shape index (κ3) is 2.48. The van der Waals surface area contributed by atoms with Crippen LogP contribution in [-0.4, -0.2) is 23.6 Å². The summed E-state index contributed by atoms with van der Waals surface area (Å²) in [6.07, 6.45) is 2.16. The van der Waals surface area contributed by atoms with Crippen LogP contribution in [0.5, 0.6) is 0 Å². The van der Waals surface area contributed by atoms with E-state index in [1.807, 2.05) is 30.3 Å². The summed E-state index contributed by atoms with van der Waals surface area (Å²) in [4.78, 5) is 24.2. The maximum atomic E-state index is 11.7. The molecule has 0 aliphatic carbocycles. The van der Waals surface area contributed by atoms with E-state index in [9.17, 15) is 9.59 Å². The van der Waals surface area contributed by atoms with Crippen molar-refractivity contribution in [1.82, 2.24) is 4.90 Å². The third-order valence-corrected chi connectivity index (χ3v) is 2.95. The second kappa shape index (κ2) is 4.92. The van der Waals surface area contributed by atoms with Crippen molar-refractivity contribution in [3.8, 4) is 0 Å². The van der Waals surface area contributed by atoms with Crippen LogP contribution < -0.4 is 0 Å². The van der Waals surface area contributed by atoms with Gasteiger partial charge < -0.3 is 9.69 Å². The first-order chi connectivity index (χ1) is 7.79. The molecule has 16 heavy (non-hydrogen) atoms. The van der Waals surface area contributed by atoms with Gasteiger partial charge in [-0.3, -0.25) is 4.79 Å². The minimum absolute atomic E-state index is 0.0152. The van der Waals surface area contributed by atoms with Crippen molar-refractivity contribution < 1.29 is 9.59 Å². The Bertz CT molecular complexity index is 375. The van der Waals surface area contributed by atoms with Gasteiger partial charge in [-0.2, -0.15) is 0 Å². The van der Waals surface area contributed by atoms with Gasteiger partial charge in [0.1, 0.15) is 6.29 Å². The molecule has 0 radical (unpaired) electrons. The Labute approximate surface area is 95.1 Å². The average molecular weight is 217 g/mol. The molecule has 0 aromatic heterocycles. The molecule has 2 rings (SSSR count). The average Bonchev–Trinajstić information content (AvgIpc) is 2.33. The molecule has 1 fully saturated rings. The Kier molecular flexibility index (Phi) is 3.34. The number of benzene rings is 1. The number of rotatable bonds is 3. The molecule has 3 nitrogen and oxygen atoms in total. The topological polar surface area (TPSA) is 37.4 Å². The molecule has 0 saturated carbocycles. The van der Waals surface area contributed by atoms with Gasteiger partial charge in [0.05, 0.1) is 0 Å². The fourth-order valence-electron chi connectivity index (χ4n) is 2.01. The number of carbonyl (C=O) groups is 2. The van der Waals surface area contributed by atoms with Crippen molar-refractivity contribution in [3.63, 3.8) is 0 Å². The summed E-state index contributed by atoms with van der Waals surface area (Å²) in [6, 6.07) is 9.87. The first kappa shape index (κ1) is 10.9. The van der Waals surface area contributed by atoms with Crippen LogP contribution in [0.4, 0.5) is 0 Å². The van der Waals surface area contributed by atoms with Crippen LogP contribution in [0, 0.1) is 5.92 Å². The summed E-state index contributed by atoms with van der Waals surface area (Å²) in [6.45, 7) is 1.18. The summed E-state index contributed by atoms with van der Waals surface area (Å²) < 4.78 is 0. The summed E-state index contributed by atoms with van der Waals surface area (Å²) in [5.74, 6) is 0.170. The van der Waals surface area contributed by atoms with Crippen LogP contribution in [0.15, 0.2) is 30.3 Å². The highest BCUT2D eigenvalue weighted by Crippen LogP contribution is 2.18. The van der Waals surface area contributed by atoms with E-state index in [0.29, 0.717) is 25.9 Å². The van der Waals surface area contributed by atoms with E-state index in [4.69, 9.17) is 0 Å². The van der Waals surface area contributed by atoms with Crippen molar-refractivity contribution in [3.05, 3.63) is 35.9 Å². The highest BCUT2D eigenvalue weighted by molar-refractivity contribution is 5.78. The molecule has 1 amide bonds. The molecule has 1 aromatic rings. The van der Waals surface area contributed by atoms with E-state index in [2.05, 4.69) is 0 Å². The van der Waals surface area contributed by atoms with Gasteiger partial charge >= 0.3 is 0 Å². The lowest BCUT2D eigenvalue weighted by atomic mass is 9.98. The second-order valence-electron chi connectivity index (χ2n) is 4.19. The number of aldehydes is 1. The van der Waals surface area contributed by atoms with Crippen LogP contribution in [0.3, 0.4) is 0 Å². The van der Waals surface area contributed by atoms with Crippen LogP contribution in [0.2, 0.25) is 0 Å². The van der Waals surface area contributed by atoms with Gasteiger partial charge in [-0.25, -0.2) is 0 Å². The van der Waals surface area contributed by atoms with Crippen molar-refractivity contribution in [2.75, 3.05) is 6.54 Å². The number of carbonyl (C=O) groups excluding carboxylic acids is 2. The zero-order valence-electron chi connectivity index (χ0n) is 9.13. The van der Waals surface area contributed by atoms with Gasteiger partial charge in [-0.15, -0.1) is 0 Å². The van der Waals surface area contributed by atoms with E-state index in [-0.39, 0.29) is 11.8 Å². The van der Waals surface area contributed by atoms with Crippen LogP contribution in [0.1, 0.15) is 18.4 Å². The van der Waals surface area contributed by atoms with E-state index in [1.165, 1.54) is 0 Å². The van der Waals surface area contributed by atoms with Gasteiger partial charge in [-0.1, -0.05) is 30.3 Å². The van der Waals surface area contributed by atoms with E-state index < -0.39 is 0 Å². The number of amides is 1. The minimum Gasteiger partial charge on any atom is -0.338 e. The van der Waals surface area contributed by atoms with Crippen molar-refractivity contribution in [1.29, 1.82) is 0 Å². The molecule has 1 aliphatic heterocycles. The first-order valence-electron chi connectivity index (χ1n) is 5.56. The third-order valence-electron chi connectivity index (χ3n) is 2.95. The van der Waals surface area contributed by atoms with Crippen molar-refractivity contribution in [2.24, 2.45) is 5.92 Å². The predicted molar refractivity (Wildman–Crippen MR) is 60.6 cm³/mol. The number of hydrogen-bond acceptors (Lipinski definition) is 2. The van der Waals surface area contributed by atoms with Gasteiger partial charge in [0.25, 0.3) is 0 Å². The zero-order valence-corrected chi connectivity index (χ0v) is 9.13. The zero-order chi connectivity index (χ0) is 11.4. The molecule has 1 unspecified atom stereocenters. The molecule has 1 atom stereocenters. The maximum absolute atomic E-state index is 11.7. The van der Waals surface area contributed by atoms with Crippen molar-refractivity contribution >= 4 is 12.2 Å². The van der Waals surface area contributed by atoms with Crippen LogP contribution >= 0.6 is 0 Å². The first-order valence-corrected chi connectivity index (χ1v) is 5.56. The largest absolute Gasteiger partial charge is 0.338 e. The molecule has 84 valence electrons. The van der Waals surface area contributed by atoms with Gasteiger partial charge in [-0.05, 0) is 12.0 Å². The Morgan fingerprint density at radius 1 is 1.31 bits per heavy atom. The number of likely N-dealkylation sites (tertiary alicyclic amines) is 1. The molecule has 1 heterocycles. The molecule has 1 aliphatic rings. The van der Waals surface area contributed by atoms with E-state index in [1.54, 1.807) is 4.90 Å². The molecule has 0 N–H and O–H groups in total. The SMILES string of the molecule is O=CC1CCC(=O)N(Cc2ccccc2)C1. The molecule has 1 aromatic carbocycles.